The van der Waals surface area contributed by atoms with Crippen LogP contribution in [0.15, 0.2) is 58.0 Å². The van der Waals surface area contributed by atoms with Gasteiger partial charge in [0.05, 0.1) is 11.6 Å². The maximum atomic E-state index is 12.1. The first kappa shape index (κ1) is 22.4. The standard InChI is InChI=1S/C23H24ClN3O4/c1-14(12-25-2)5-8-21(28)26-13-17-10-16-9-15(11-18(24)22(16)30-17)19-6-7-20(31-19)23(29)27(3)4/h5-9,11-12,17H,1,10,13H2,2-4H3,(H,26,28). The van der Waals surface area contributed by atoms with E-state index in [0.29, 0.717) is 35.1 Å². The first-order valence-corrected chi connectivity index (χ1v) is 10.0. The third-order valence-electron chi connectivity index (χ3n) is 4.61. The number of benzene rings is 1. The van der Waals surface area contributed by atoms with Crippen molar-refractivity contribution in [1.29, 1.82) is 0 Å². The van der Waals surface area contributed by atoms with Crippen LogP contribution in [-0.4, -0.2) is 56.7 Å². The van der Waals surface area contributed by atoms with E-state index in [1.165, 1.54) is 11.0 Å². The summed E-state index contributed by atoms with van der Waals surface area (Å²) in [6.45, 7) is 4.09. The Balaban J connectivity index is 1.65. The number of carbonyl (C=O) groups excluding carboxylic acids is 2. The average Bonchev–Trinajstić information content (AvgIpc) is 3.37. The number of furan rings is 1. The molecule has 0 aliphatic carbocycles. The van der Waals surface area contributed by atoms with Crippen molar-refractivity contribution in [3.63, 3.8) is 0 Å². The topological polar surface area (TPSA) is 84.1 Å². The third-order valence-corrected chi connectivity index (χ3v) is 4.89. The first-order chi connectivity index (χ1) is 14.8. The van der Waals surface area contributed by atoms with Crippen LogP contribution in [0.25, 0.3) is 11.3 Å². The van der Waals surface area contributed by atoms with Crippen LogP contribution >= 0.6 is 11.6 Å². The van der Waals surface area contributed by atoms with Crippen LogP contribution in [0.1, 0.15) is 16.1 Å². The summed E-state index contributed by atoms with van der Waals surface area (Å²) in [6, 6.07) is 7.06. The molecular formula is C23H24ClN3O4. The number of aliphatic imine (C=N–C) groups is 1. The number of hydrogen-bond donors (Lipinski definition) is 1. The maximum Gasteiger partial charge on any atom is 0.289 e. The van der Waals surface area contributed by atoms with E-state index in [0.717, 1.165) is 11.1 Å². The average molecular weight is 442 g/mol. The zero-order valence-corrected chi connectivity index (χ0v) is 18.4. The van der Waals surface area contributed by atoms with Crippen molar-refractivity contribution in [3.05, 3.63) is 64.9 Å². The Morgan fingerprint density at radius 1 is 1.32 bits per heavy atom. The van der Waals surface area contributed by atoms with Crippen molar-refractivity contribution in [1.82, 2.24) is 10.2 Å². The highest BCUT2D eigenvalue weighted by Gasteiger charge is 2.27. The second-order valence-electron chi connectivity index (χ2n) is 7.29. The van der Waals surface area contributed by atoms with E-state index in [-0.39, 0.29) is 23.7 Å². The molecule has 0 bridgehead atoms. The lowest BCUT2D eigenvalue weighted by Crippen LogP contribution is -2.33. The maximum absolute atomic E-state index is 12.1. The van der Waals surface area contributed by atoms with Gasteiger partial charge in [0.1, 0.15) is 17.6 Å². The van der Waals surface area contributed by atoms with Crippen molar-refractivity contribution < 1.29 is 18.7 Å². The zero-order valence-electron chi connectivity index (χ0n) is 17.6. The largest absolute Gasteiger partial charge is 0.486 e. The predicted octanol–water partition coefficient (Wildman–Crippen LogP) is 3.53. The van der Waals surface area contributed by atoms with Crippen LogP contribution in [0, 0.1) is 0 Å². The predicted molar refractivity (Wildman–Crippen MR) is 121 cm³/mol. The smallest absolute Gasteiger partial charge is 0.289 e. The lowest BCUT2D eigenvalue weighted by molar-refractivity contribution is -0.116. The number of halogens is 1. The Bertz CT molecular complexity index is 1070. The quantitative estimate of drug-likeness (QED) is 0.404. The number of rotatable bonds is 7. The first-order valence-electron chi connectivity index (χ1n) is 9.66. The summed E-state index contributed by atoms with van der Waals surface area (Å²) in [5.74, 6) is 0.953. The van der Waals surface area contributed by atoms with Gasteiger partial charge in [0.25, 0.3) is 5.91 Å². The van der Waals surface area contributed by atoms with Crippen LogP contribution in [0.5, 0.6) is 5.75 Å². The molecule has 1 aliphatic rings. The number of hydrogen-bond acceptors (Lipinski definition) is 5. The van der Waals surface area contributed by atoms with Gasteiger partial charge in [-0.05, 0) is 35.9 Å². The number of nitrogens with one attached hydrogen (secondary N) is 1. The fourth-order valence-electron chi connectivity index (χ4n) is 3.14. The minimum Gasteiger partial charge on any atom is -0.486 e. The fourth-order valence-corrected chi connectivity index (χ4v) is 3.42. The number of carbonyl (C=O) groups is 2. The molecule has 0 radical (unpaired) electrons. The highest BCUT2D eigenvalue weighted by molar-refractivity contribution is 6.32. The molecule has 1 N–H and O–H groups in total. The van der Waals surface area contributed by atoms with Crippen LogP contribution in [0.3, 0.4) is 0 Å². The molecule has 1 aliphatic heterocycles. The molecule has 2 heterocycles. The fraction of sp³-hybridized carbons (Fsp3) is 0.261. The van der Waals surface area contributed by atoms with Gasteiger partial charge in [0, 0.05) is 51.0 Å². The minimum atomic E-state index is -0.245. The number of amides is 2. The molecule has 2 amide bonds. The highest BCUT2D eigenvalue weighted by Crippen LogP contribution is 2.39. The summed E-state index contributed by atoms with van der Waals surface area (Å²) in [7, 11) is 4.97. The van der Waals surface area contributed by atoms with E-state index >= 15 is 0 Å². The monoisotopic (exact) mass is 441 g/mol. The van der Waals surface area contributed by atoms with Gasteiger partial charge < -0.3 is 19.4 Å². The number of fused-ring (bicyclic) bond motifs is 1. The van der Waals surface area contributed by atoms with E-state index in [1.807, 2.05) is 6.07 Å². The van der Waals surface area contributed by atoms with Gasteiger partial charge in [0.15, 0.2) is 5.76 Å². The highest BCUT2D eigenvalue weighted by atomic mass is 35.5. The van der Waals surface area contributed by atoms with Crippen molar-refractivity contribution in [2.45, 2.75) is 12.5 Å². The molecule has 7 nitrogen and oxygen atoms in total. The SMILES string of the molecule is C=C(C=CC(=O)NCC1Cc2cc(-c3ccc(C(=O)N(C)C)o3)cc(Cl)c2O1)C=NC. The van der Waals surface area contributed by atoms with Crippen LogP contribution in [0.2, 0.25) is 5.02 Å². The third kappa shape index (κ3) is 5.44. The summed E-state index contributed by atoms with van der Waals surface area (Å²) in [4.78, 5) is 29.3. The normalized spacial score (nSPS) is 15.2. The second-order valence-corrected chi connectivity index (χ2v) is 7.70. The molecular weight excluding hydrogens is 418 g/mol. The van der Waals surface area contributed by atoms with Gasteiger partial charge in [-0.15, -0.1) is 0 Å². The molecule has 0 saturated heterocycles. The van der Waals surface area contributed by atoms with Crippen LogP contribution < -0.4 is 10.1 Å². The van der Waals surface area contributed by atoms with E-state index in [2.05, 4.69) is 16.9 Å². The molecule has 1 atom stereocenters. The number of nitrogens with zero attached hydrogens (tertiary/aromatic N) is 2. The Hall–Kier alpha value is -3.32. The van der Waals surface area contributed by atoms with Gasteiger partial charge in [-0.3, -0.25) is 14.6 Å². The van der Waals surface area contributed by atoms with Crippen molar-refractivity contribution in [2.75, 3.05) is 27.7 Å². The van der Waals surface area contributed by atoms with E-state index in [9.17, 15) is 9.59 Å². The molecule has 162 valence electrons. The van der Waals surface area contributed by atoms with E-state index in [4.69, 9.17) is 20.8 Å². The summed E-state index contributed by atoms with van der Waals surface area (Å²) in [6.07, 6.45) is 4.92. The molecule has 31 heavy (non-hydrogen) atoms. The van der Waals surface area contributed by atoms with Gasteiger partial charge in [-0.2, -0.15) is 0 Å². The van der Waals surface area contributed by atoms with Crippen LogP contribution in [-0.2, 0) is 11.2 Å². The Morgan fingerprint density at radius 3 is 2.81 bits per heavy atom. The molecule has 2 aromatic rings. The van der Waals surface area contributed by atoms with Gasteiger partial charge in [0.2, 0.25) is 5.91 Å². The molecule has 0 saturated carbocycles. The number of ether oxygens (including phenoxy) is 1. The Kier molecular flexibility index (Phi) is 6.97. The Labute approximate surface area is 186 Å². The number of allylic oxidation sites excluding steroid dienone is 2. The molecule has 1 aromatic heterocycles. The van der Waals surface area contributed by atoms with Crippen LogP contribution in [0.4, 0.5) is 0 Å². The second kappa shape index (κ2) is 9.66. The molecule has 3 rings (SSSR count). The molecule has 0 fully saturated rings. The van der Waals surface area contributed by atoms with Crippen molar-refractivity contribution in [3.8, 4) is 17.1 Å². The lowest BCUT2D eigenvalue weighted by atomic mass is 10.0. The molecule has 8 heteroatoms. The Morgan fingerprint density at radius 2 is 2.10 bits per heavy atom. The summed E-state index contributed by atoms with van der Waals surface area (Å²) >= 11 is 6.42. The minimum absolute atomic E-state index is 0.211. The van der Waals surface area contributed by atoms with E-state index < -0.39 is 0 Å². The van der Waals surface area contributed by atoms with Crippen molar-refractivity contribution >= 4 is 29.6 Å². The molecule has 1 aromatic carbocycles. The summed E-state index contributed by atoms with van der Waals surface area (Å²) < 4.78 is 11.6. The lowest BCUT2D eigenvalue weighted by Gasteiger charge is -2.11. The molecule has 1 unspecified atom stereocenters. The molecule has 0 spiro atoms. The van der Waals surface area contributed by atoms with Gasteiger partial charge in [-0.25, -0.2) is 0 Å². The van der Waals surface area contributed by atoms with Gasteiger partial charge in [-0.1, -0.05) is 18.2 Å². The summed E-state index contributed by atoms with van der Waals surface area (Å²) in [5.41, 5.74) is 2.31. The van der Waals surface area contributed by atoms with E-state index in [1.54, 1.807) is 51.6 Å². The zero-order chi connectivity index (χ0) is 22.5. The van der Waals surface area contributed by atoms with Gasteiger partial charge >= 0.3 is 0 Å². The van der Waals surface area contributed by atoms with Crippen molar-refractivity contribution in [2.24, 2.45) is 4.99 Å². The summed E-state index contributed by atoms with van der Waals surface area (Å²) in [5, 5.41) is 3.26.